The highest BCUT2D eigenvalue weighted by atomic mass is 16.3. The molecule has 0 fully saturated rings. The molecule has 0 atom stereocenters. The summed E-state index contributed by atoms with van der Waals surface area (Å²) in [5.41, 5.74) is 0. The number of likely N-dealkylation sites (N-methyl/N-ethyl adjacent to an activating group) is 1. The fourth-order valence-corrected chi connectivity index (χ4v) is 0.178. The first-order valence-electron chi connectivity index (χ1n) is 2.06. The van der Waals surface area contributed by atoms with Gasteiger partial charge in [0.05, 0.1) is 0 Å². The molecule has 44 valence electrons. The van der Waals surface area contributed by atoms with Crippen LogP contribution in [0.25, 0.3) is 0 Å². The van der Waals surface area contributed by atoms with Gasteiger partial charge in [0, 0.05) is 13.1 Å². The maximum atomic E-state index is 10.3. The zero-order chi connectivity index (χ0) is 6.57. The second kappa shape index (κ2) is 3.05. The normalized spacial score (nSPS) is 7.62. The van der Waals surface area contributed by atoms with Crippen molar-refractivity contribution in [3.63, 3.8) is 0 Å². The van der Waals surface area contributed by atoms with E-state index in [-0.39, 0.29) is 0 Å². The number of nitrogens with zero attached hydrogens (tertiary/aromatic N) is 1. The van der Waals surface area contributed by atoms with Crippen LogP contribution >= 0.6 is 0 Å². The highest BCUT2D eigenvalue weighted by Gasteiger charge is 2.00. The summed E-state index contributed by atoms with van der Waals surface area (Å²) < 4.78 is 0. The molecule has 0 heterocycles. The summed E-state index contributed by atoms with van der Waals surface area (Å²) >= 11 is 0. The highest BCUT2D eigenvalue weighted by molar-refractivity contribution is 5.78. The number of aliphatic hydroxyl groups excluding tert-OH is 1. The Balaban J connectivity index is 3.68. The molecule has 0 aliphatic rings. The van der Waals surface area contributed by atoms with E-state index in [2.05, 4.69) is 0 Å². The van der Waals surface area contributed by atoms with Crippen LogP contribution in [0.1, 0.15) is 0 Å². The van der Waals surface area contributed by atoms with Crippen LogP contribution in [0.15, 0.2) is 0 Å². The molecule has 0 saturated heterocycles. The molecule has 0 aromatic carbocycles. The molecule has 0 saturated carbocycles. The molecule has 1 N–H and O–H groups in total. The Morgan fingerprint density at radius 3 is 2.62 bits per heavy atom. The van der Waals surface area contributed by atoms with Crippen molar-refractivity contribution in [3.05, 3.63) is 0 Å². The summed E-state index contributed by atoms with van der Waals surface area (Å²) in [6.45, 7) is -0.527. The van der Waals surface area contributed by atoms with Crippen LogP contribution in [0.3, 0.4) is 0 Å². The molecule has 1 amide bonds. The minimum atomic E-state index is -0.527. The Hall–Kier alpha value is -1.01. The summed E-state index contributed by atoms with van der Waals surface area (Å²) in [6, 6.07) is 2.04. The number of hydrogen-bond donors (Lipinski definition) is 1. The zero-order valence-electron chi connectivity index (χ0n) is 4.59. The number of aliphatic hydroxyl groups is 1. The minimum Gasteiger partial charge on any atom is -0.386 e. The Kier molecular flexibility index (Phi) is 2.67. The van der Waals surface area contributed by atoms with Gasteiger partial charge in [0.1, 0.15) is 6.61 Å². The fourth-order valence-electron chi connectivity index (χ4n) is 0.178. The summed E-state index contributed by atoms with van der Waals surface area (Å²) in [4.78, 5) is 11.3. The maximum Gasteiger partial charge on any atom is 0.259 e. The Bertz CT molecular complexity index is 125. The van der Waals surface area contributed by atoms with Gasteiger partial charge in [-0.05, 0) is 0 Å². The molecule has 8 heavy (non-hydrogen) atoms. The van der Waals surface area contributed by atoms with E-state index in [4.69, 9.17) is 11.5 Å². The third-order valence-electron chi connectivity index (χ3n) is 0.703. The fraction of sp³-hybridized carbons (Fsp3) is 0.400. The molecule has 0 aromatic rings. The van der Waals surface area contributed by atoms with E-state index in [0.29, 0.717) is 0 Å². The van der Waals surface area contributed by atoms with E-state index < -0.39 is 12.5 Å². The average Bonchev–Trinajstić information content (AvgIpc) is 1.84. The Morgan fingerprint density at radius 2 is 2.50 bits per heavy atom. The molecule has 3 nitrogen and oxygen atoms in total. The minimum absolute atomic E-state index is 0.465. The lowest BCUT2D eigenvalue weighted by atomic mass is 10.6. The molecular formula is C5H7NO2. The molecule has 0 aliphatic carbocycles. The van der Waals surface area contributed by atoms with Gasteiger partial charge in [-0.2, -0.15) is 0 Å². The van der Waals surface area contributed by atoms with Gasteiger partial charge in [-0.15, -0.1) is 0 Å². The van der Waals surface area contributed by atoms with Crippen molar-refractivity contribution < 1.29 is 9.90 Å². The van der Waals surface area contributed by atoms with Gasteiger partial charge in [0.25, 0.3) is 5.91 Å². The predicted octanol–water partition coefficient (Wildman–Crippen LogP) is -0.972. The lowest BCUT2D eigenvalue weighted by Crippen LogP contribution is -2.23. The molecule has 0 aromatic heterocycles. The van der Waals surface area contributed by atoms with Crippen molar-refractivity contribution in [2.24, 2.45) is 0 Å². The van der Waals surface area contributed by atoms with Crippen molar-refractivity contribution in [2.45, 2.75) is 0 Å². The van der Waals surface area contributed by atoms with Gasteiger partial charge < -0.3 is 5.11 Å². The second-order valence-electron chi connectivity index (χ2n) is 1.24. The van der Waals surface area contributed by atoms with Crippen molar-refractivity contribution >= 4 is 5.91 Å². The smallest absolute Gasteiger partial charge is 0.259 e. The largest absolute Gasteiger partial charge is 0.386 e. The molecule has 0 bridgehead atoms. The van der Waals surface area contributed by atoms with Crippen LogP contribution in [0.2, 0.25) is 0 Å². The van der Waals surface area contributed by atoms with Gasteiger partial charge >= 0.3 is 0 Å². The third-order valence-corrected chi connectivity index (χ3v) is 0.703. The molecule has 0 unspecified atom stereocenters. The van der Waals surface area contributed by atoms with E-state index in [1.807, 2.05) is 6.04 Å². The Labute approximate surface area is 47.9 Å². The SMILES string of the molecule is C#CN(C)C(=O)CO. The number of carbonyl (C=O) groups excluding carboxylic acids is 1. The molecule has 0 spiro atoms. The second-order valence-corrected chi connectivity index (χ2v) is 1.24. The Morgan fingerprint density at radius 1 is 2.00 bits per heavy atom. The van der Waals surface area contributed by atoms with Crippen LogP contribution in [-0.4, -0.2) is 29.6 Å². The van der Waals surface area contributed by atoms with Crippen LogP contribution < -0.4 is 0 Å². The average molecular weight is 113 g/mol. The number of hydrogen-bond acceptors (Lipinski definition) is 2. The van der Waals surface area contributed by atoms with E-state index in [1.165, 1.54) is 7.05 Å². The van der Waals surface area contributed by atoms with Gasteiger partial charge in [-0.1, -0.05) is 6.42 Å². The van der Waals surface area contributed by atoms with E-state index in [9.17, 15) is 4.79 Å². The van der Waals surface area contributed by atoms with Gasteiger partial charge in [0.2, 0.25) is 0 Å². The first-order valence-corrected chi connectivity index (χ1v) is 2.06. The van der Waals surface area contributed by atoms with Gasteiger partial charge in [0.15, 0.2) is 0 Å². The summed E-state index contributed by atoms with van der Waals surface area (Å²) in [7, 11) is 1.42. The number of terminal acetylenes is 1. The summed E-state index contributed by atoms with van der Waals surface area (Å²) in [5.74, 6) is -0.465. The first kappa shape index (κ1) is 6.99. The van der Waals surface area contributed by atoms with Crippen LogP contribution in [0.5, 0.6) is 0 Å². The number of amides is 1. The van der Waals surface area contributed by atoms with E-state index in [0.717, 1.165) is 4.90 Å². The molecule has 0 aliphatic heterocycles. The summed E-state index contributed by atoms with van der Waals surface area (Å²) in [5, 5.41) is 8.15. The summed E-state index contributed by atoms with van der Waals surface area (Å²) in [6.07, 6.45) is 4.79. The lowest BCUT2D eigenvalue weighted by molar-refractivity contribution is -0.129. The zero-order valence-corrected chi connectivity index (χ0v) is 4.59. The highest BCUT2D eigenvalue weighted by Crippen LogP contribution is 1.76. The monoisotopic (exact) mass is 113 g/mol. The standard InChI is InChI=1S/C5H7NO2/c1-3-6(2)5(8)4-7/h1,7H,4H2,2H3. The van der Waals surface area contributed by atoms with E-state index >= 15 is 0 Å². The van der Waals surface area contributed by atoms with Crippen LogP contribution in [0.4, 0.5) is 0 Å². The molecular weight excluding hydrogens is 106 g/mol. The lowest BCUT2D eigenvalue weighted by Gasteiger charge is -2.03. The van der Waals surface area contributed by atoms with Crippen molar-refractivity contribution in [1.29, 1.82) is 0 Å². The van der Waals surface area contributed by atoms with Crippen molar-refractivity contribution in [1.82, 2.24) is 4.90 Å². The topological polar surface area (TPSA) is 40.5 Å². The number of carbonyl (C=O) groups is 1. The van der Waals surface area contributed by atoms with Gasteiger partial charge in [-0.25, -0.2) is 0 Å². The van der Waals surface area contributed by atoms with Gasteiger partial charge in [-0.3, -0.25) is 9.69 Å². The van der Waals surface area contributed by atoms with Crippen molar-refractivity contribution in [3.8, 4) is 12.5 Å². The number of rotatable bonds is 1. The molecule has 0 radical (unpaired) electrons. The maximum absolute atomic E-state index is 10.3. The third kappa shape index (κ3) is 1.63. The first-order chi connectivity index (χ1) is 3.72. The predicted molar refractivity (Wildman–Crippen MR) is 28.7 cm³/mol. The van der Waals surface area contributed by atoms with E-state index in [1.54, 1.807) is 0 Å². The molecule has 3 heteroatoms. The molecule has 0 rings (SSSR count). The van der Waals surface area contributed by atoms with Crippen LogP contribution in [-0.2, 0) is 4.79 Å². The van der Waals surface area contributed by atoms with Crippen molar-refractivity contribution in [2.75, 3.05) is 13.7 Å². The van der Waals surface area contributed by atoms with Crippen LogP contribution in [0, 0.1) is 12.5 Å². The quantitative estimate of drug-likeness (QED) is 0.351.